The molecule has 0 aliphatic carbocycles. The van der Waals surface area contributed by atoms with Gasteiger partial charge < -0.3 is 36.2 Å². The number of aliphatic carboxylic acids is 2. The summed E-state index contributed by atoms with van der Waals surface area (Å²) in [5, 5.41) is 27.2. The van der Waals surface area contributed by atoms with E-state index < -0.39 is 65.8 Å². The third-order valence-electron chi connectivity index (χ3n) is 5.49. The number of esters is 1. The molecular formula is C27H38FN5O10. The molecule has 0 saturated carbocycles. The minimum atomic E-state index is -1.61. The lowest BCUT2D eigenvalue weighted by molar-refractivity contribution is -0.159. The third-order valence-corrected chi connectivity index (χ3v) is 5.49. The van der Waals surface area contributed by atoms with Gasteiger partial charge in [0.15, 0.2) is 0 Å². The number of aromatic nitrogens is 1. The fourth-order valence-electron chi connectivity index (χ4n) is 3.45. The Labute approximate surface area is 247 Å². The summed E-state index contributed by atoms with van der Waals surface area (Å²) in [6, 6.07) is -1.31. The number of pyridine rings is 1. The third kappa shape index (κ3) is 16.4. The molecular weight excluding hydrogens is 572 g/mol. The SMILES string of the molecule is CC(C)(C)OC(=O)[C@H](CCC(=O)CCCNC(=O)N[C@@H](CC(=O)O)C(=O)O)NC(=O)CCCNC(=O)c1ccc([18F])nc1. The summed E-state index contributed by atoms with van der Waals surface area (Å²) >= 11 is 0. The number of urea groups is 1. The number of Topliss-reactive ketones (excluding diaryl/α,β-unsaturated/α-hetero) is 1. The minimum Gasteiger partial charge on any atom is -0.481 e. The topological polar surface area (TPSA) is 230 Å². The van der Waals surface area contributed by atoms with Crippen molar-refractivity contribution in [3.8, 4) is 0 Å². The Bertz CT molecular complexity index is 1150. The highest BCUT2D eigenvalue weighted by Gasteiger charge is 2.27. The molecule has 0 spiro atoms. The quantitative estimate of drug-likeness (QED) is 0.0777. The zero-order valence-electron chi connectivity index (χ0n) is 24.2. The van der Waals surface area contributed by atoms with Crippen LogP contribution in [0.4, 0.5) is 9.18 Å². The van der Waals surface area contributed by atoms with Crippen LogP contribution >= 0.6 is 0 Å². The Hall–Kier alpha value is -4.63. The van der Waals surface area contributed by atoms with Gasteiger partial charge in [0.1, 0.15) is 23.5 Å². The molecule has 1 rings (SSSR count). The highest BCUT2D eigenvalue weighted by atomic mass is 18.2. The van der Waals surface area contributed by atoms with Crippen molar-refractivity contribution in [3.05, 3.63) is 29.8 Å². The minimum absolute atomic E-state index is 0.00256. The van der Waals surface area contributed by atoms with Crippen LogP contribution in [0.1, 0.15) is 76.1 Å². The van der Waals surface area contributed by atoms with E-state index in [4.69, 9.17) is 14.9 Å². The summed E-state index contributed by atoms with van der Waals surface area (Å²) in [5.74, 6) is -5.61. The van der Waals surface area contributed by atoms with Crippen molar-refractivity contribution in [2.75, 3.05) is 13.1 Å². The van der Waals surface area contributed by atoms with E-state index in [1.54, 1.807) is 20.8 Å². The number of amides is 4. The van der Waals surface area contributed by atoms with E-state index in [0.29, 0.717) is 0 Å². The van der Waals surface area contributed by atoms with Gasteiger partial charge in [-0.25, -0.2) is 19.4 Å². The molecule has 2 atom stereocenters. The van der Waals surface area contributed by atoms with E-state index in [2.05, 4.69) is 20.9 Å². The number of hydrogen-bond acceptors (Lipinski definition) is 9. The molecule has 1 aromatic heterocycles. The average molecular weight is 611 g/mol. The maximum absolute atomic E-state index is 12.9. The first-order chi connectivity index (χ1) is 20.1. The van der Waals surface area contributed by atoms with E-state index in [1.807, 2.05) is 5.32 Å². The van der Waals surface area contributed by atoms with Gasteiger partial charge in [-0.1, -0.05) is 0 Å². The van der Waals surface area contributed by atoms with Crippen molar-refractivity contribution in [2.24, 2.45) is 0 Å². The second-order valence-corrected chi connectivity index (χ2v) is 10.5. The molecule has 0 aromatic carbocycles. The van der Waals surface area contributed by atoms with Crippen LogP contribution in [0.5, 0.6) is 0 Å². The van der Waals surface area contributed by atoms with Gasteiger partial charge in [0.25, 0.3) is 5.91 Å². The van der Waals surface area contributed by atoms with Crippen LogP contribution in [0.15, 0.2) is 18.3 Å². The molecule has 0 radical (unpaired) electrons. The molecule has 0 unspecified atom stereocenters. The van der Waals surface area contributed by atoms with Crippen LogP contribution < -0.4 is 21.3 Å². The number of nitrogens with zero attached hydrogens (tertiary/aromatic N) is 1. The van der Waals surface area contributed by atoms with Crippen LogP contribution in [0.3, 0.4) is 0 Å². The summed E-state index contributed by atoms with van der Waals surface area (Å²) in [5.41, 5.74) is -0.693. The molecule has 238 valence electrons. The number of ether oxygens (including phenoxy) is 1. The van der Waals surface area contributed by atoms with Crippen molar-refractivity contribution in [3.63, 3.8) is 0 Å². The van der Waals surface area contributed by atoms with Gasteiger partial charge in [-0.3, -0.25) is 19.2 Å². The van der Waals surface area contributed by atoms with Crippen molar-refractivity contribution in [1.29, 1.82) is 0 Å². The first-order valence-corrected chi connectivity index (χ1v) is 13.5. The summed E-state index contributed by atoms with van der Waals surface area (Å²) in [4.78, 5) is 86.5. The fourth-order valence-corrected chi connectivity index (χ4v) is 3.45. The number of hydrogen-bond donors (Lipinski definition) is 6. The number of nitrogens with one attached hydrogen (secondary N) is 4. The molecule has 0 fully saturated rings. The molecule has 1 heterocycles. The molecule has 15 nitrogen and oxygen atoms in total. The molecule has 6 N–H and O–H groups in total. The van der Waals surface area contributed by atoms with E-state index in [9.17, 15) is 38.0 Å². The fraction of sp³-hybridized carbons (Fsp3) is 0.556. The van der Waals surface area contributed by atoms with Crippen LogP contribution in [-0.4, -0.2) is 87.5 Å². The number of rotatable bonds is 18. The lowest BCUT2D eigenvalue weighted by atomic mass is 10.0. The van der Waals surface area contributed by atoms with Gasteiger partial charge >= 0.3 is 23.9 Å². The summed E-state index contributed by atoms with van der Waals surface area (Å²) in [6.07, 6.45) is 0.535. The van der Waals surface area contributed by atoms with Gasteiger partial charge in [-0.05, 0) is 52.2 Å². The van der Waals surface area contributed by atoms with Crippen LogP contribution in [0.25, 0.3) is 0 Å². The zero-order chi connectivity index (χ0) is 32.6. The van der Waals surface area contributed by atoms with Gasteiger partial charge in [-0.2, -0.15) is 4.39 Å². The number of ketones is 1. The second kappa shape index (κ2) is 18.0. The molecule has 0 bridgehead atoms. The average Bonchev–Trinajstić information content (AvgIpc) is 2.90. The van der Waals surface area contributed by atoms with Gasteiger partial charge in [0.05, 0.1) is 12.0 Å². The number of carbonyl (C=O) groups is 7. The number of carbonyl (C=O) groups excluding carboxylic acids is 5. The van der Waals surface area contributed by atoms with Crippen LogP contribution in [0.2, 0.25) is 0 Å². The monoisotopic (exact) mass is 610 g/mol. The number of carboxylic acids is 2. The predicted molar refractivity (Wildman–Crippen MR) is 147 cm³/mol. The Morgan fingerprint density at radius 1 is 0.907 bits per heavy atom. The van der Waals surface area contributed by atoms with Gasteiger partial charge in [0.2, 0.25) is 11.9 Å². The second-order valence-electron chi connectivity index (χ2n) is 10.5. The predicted octanol–water partition coefficient (Wildman–Crippen LogP) is 0.914. The summed E-state index contributed by atoms with van der Waals surface area (Å²) in [7, 11) is 0. The molecule has 0 saturated heterocycles. The summed E-state index contributed by atoms with van der Waals surface area (Å²) < 4.78 is 18.3. The van der Waals surface area contributed by atoms with Crippen molar-refractivity contribution < 1.29 is 52.9 Å². The van der Waals surface area contributed by atoms with E-state index in [1.165, 1.54) is 6.07 Å². The largest absolute Gasteiger partial charge is 0.481 e. The highest BCUT2D eigenvalue weighted by Crippen LogP contribution is 2.12. The Morgan fingerprint density at radius 2 is 1.56 bits per heavy atom. The standard InChI is InChI=1S/C27H38FN5O10/c1-27(2,3)43-25(41)18(32-21(35)7-5-12-29-23(38)16-8-11-20(28)31-15-16)10-9-17(34)6-4-13-30-26(42)33-19(24(39)40)14-22(36)37/h8,11,15,18-19H,4-7,9-10,12-14H2,1-3H3,(H,29,38)(H,32,35)(H,36,37)(H,39,40)(H2,30,33,42)/t18-,19-/m0/s1/i28-1. The Balaban J connectivity index is 2.50. The smallest absolute Gasteiger partial charge is 0.329 e. The van der Waals surface area contributed by atoms with E-state index in [0.717, 1.165) is 12.3 Å². The normalized spacial score (nSPS) is 12.3. The van der Waals surface area contributed by atoms with Crippen molar-refractivity contribution in [2.45, 2.75) is 83.4 Å². The zero-order valence-corrected chi connectivity index (χ0v) is 24.2. The van der Waals surface area contributed by atoms with Crippen molar-refractivity contribution >= 4 is 41.5 Å². The van der Waals surface area contributed by atoms with Gasteiger partial charge in [-0.15, -0.1) is 0 Å². The lowest BCUT2D eigenvalue weighted by Crippen LogP contribution is -2.47. The van der Waals surface area contributed by atoms with E-state index in [-0.39, 0.29) is 63.0 Å². The first-order valence-electron chi connectivity index (χ1n) is 13.5. The molecule has 1 aromatic rings. The van der Waals surface area contributed by atoms with Gasteiger partial charge in [0, 0.05) is 38.5 Å². The van der Waals surface area contributed by atoms with Crippen LogP contribution in [0, 0.1) is 5.95 Å². The highest BCUT2D eigenvalue weighted by molar-refractivity contribution is 5.93. The molecule has 4 amide bonds. The van der Waals surface area contributed by atoms with Crippen molar-refractivity contribution in [1.82, 2.24) is 26.3 Å². The van der Waals surface area contributed by atoms with E-state index >= 15 is 0 Å². The maximum Gasteiger partial charge on any atom is 0.329 e. The summed E-state index contributed by atoms with van der Waals surface area (Å²) in [6.45, 7) is 5.08. The molecule has 16 heteroatoms. The molecule has 0 aliphatic rings. The number of carboxylic acid groups (broad SMARTS) is 2. The molecule has 43 heavy (non-hydrogen) atoms. The first kappa shape index (κ1) is 36.4. The maximum atomic E-state index is 12.9. The Morgan fingerprint density at radius 3 is 2.14 bits per heavy atom. The lowest BCUT2D eigenvalue weighted by Gasteiger charge is -2.24. The molecule has 0 aliphatic heterocycles. The van der Waals surface area contributed by atoms with Crippen LogP contribution in [-0.2, 0) is 28.7 Å². The Kier molecular flexibility index (Phi) is 15.3. The number of halogens is 1.